The number of carbonyl (C=O) groups excluding carboxylic acids is 2. The lowest BCUT2D eigenvalue weighted by atomic mass is 10.2. The molecular weight excluding hydrogens is 438 g/mol. The fourth-order valence-corrected chi connectivity index (χ4v) is 3.76. The van der Waals surface area contributed by atoms with Gasteiger partial charge in [-0.3, -0.25) is 20.4 Å². The first-order valence-electron chi connectivity index (χ1n) is 10.0. The number of hydrogen-bond acceptors (Lipinski definition) is 6. The Kier molecular flexibility index (Phi) is 8.54. The maximum atomic E-state index is 12.2. The predicted molar refractivity (Wildman–Crippen MR) is 120 cm³/mol. The van der Waals surface area contributed by atoms with E-state index in [-0.39, 0.29) is 17.4 Å². The first-order valence-corrected chi connectivity index (χ1v) is 11.4. The minimum absolute atomic E-state index is 0.0755. The van der Waals surface area contributed by atoms with Crippen LogP contribution < -0.4 is 10.9 Å². The summed E-state index contributed by atoms with van der Waals surface area (Å²) in [6.45, 7) is 2.92. The van der Waals surface area contributed by atoms with Gasteiger partial charge in [-0.15, -0.1) is 10.2 Å². The van der Waals surface area contributed by atoms with Crippen LogP contribution in [0.5, 0.6) is 0 Å². The number of aromatic nitrogens is 3. The number of nitrogens with one attached hydrogen (secondary N) is 2. The lowest BCUT2D eigenvalue weighted by Gasteiger charge is -2.10. The predicted octanol–water partition coefficient (Wildman–Crippen LogP) is 4.33. The van der Waals surface area contributed by atoms with Gasteiger partial charge < -0.3 is 8.98 Å². The van der Waals surface area contributed by atoms with Crippen LogP contribution in [0.1, 0.15) is 43.2 Å². The van der Waals surface area contributed by atoms with Crippen molar-refractivity contribution in [3.8, 4) is 11.4 Å². The molecule has 0 unspecified atom stereocenters. The summed E-state index contributed by atoms with van der Waals surface area (Å²) in [5, 5.41) is 9.92. The average Bonchev–Trinajstić information content (AvgIpc) is 3.45. The zero-order valence-corrected chi connectivity index (χ0v) is 18.7. The van der Waals surface area contributed by atoms with Gasteiger partial charge in [-0.1, -0.05) is 49.5 Å². The molecule has 0 aliphatic heterocycles. The maximum Gasteiger partial charge on any atom is 0.305 e. The van der Waals surface area contributed by atoms with Crippen molar-refractivity contribution >= 4 is 35.2 Å². The van der Waals surface area contributed by atoms with Gasteiger partial charge in [0.25, 0.3) is 0 Å². The summed E-state index contributed by atoms with van der Waals surface area (Å²) in [5.74, 6) is 0.0482. The fourth-order valence-electron chi connectivity index (χ4n) is 2.87. The quantitative estimate of drug-likeness (QED) is 0.265. The van der Waals surface area contributed by atoms with Crippen LogP contribution in [0.3, 0.4) is 0 Å². The van der Waals surface area contributed by atoms with E-state index in [1.54, 1.807) is 6.07 Å². The van der Waals surface area contributed by atoms with Crippen molar-refractivity contribution in [2.24, 2.45) is 0 Å². The first-order chi connectivity index (χ1) is 15.1. The highest BCUT2D eigenvalue weighted by molar-refractivity contribution is 7.99. The van der Waals surface area contributed by atoms with Crippen LogP contribution in [-0.2, 0) is 11.3 Å². The Morgan fingerprint density at radius 1 is 1.10 bits per heavy atom. The van der Waals surface area contributed by atoms with Crippen molar-refractivity contribution in [2.75, 3.05) is 5.75 Å². The third kappa shape index (κ3) is 6.60. The fraction of sp³-hybridized carbons (Fsp3) is 0.333. The minimum Gasteiger partial charge on any atom is -0.459 e. The van der Waals surface area contributed by atoms with Crippen LogP contribution in [0.15, 0.2) is 52.2 Å². The van der Waals surface area contributed by atoms with Crippen molar-refractivity contribution < 1.29 is 14.0 Å². The molecule has 0 saturated carbocycles. The molecule has 0 spiro atoms. The van der Waals surface area contributed by atoms with Gasteiger partial charge >= 0.3 is 5.91 Å². The largest absolute Gasteiger partial charge is 0.459 e. The molecule has 2 heterocycles. The molecule has 0 atom stereocenters. The number of thioether (sulfide) groups is 1. The van der Waals surface area contributed by atoms with Crippen molar-refractivity contribution in [3.63, 3.8) is 0 Å². The summed E-state index contributed by atoms with van der Waals surface area (Å²) in [6.07, 6.45) is 5.80. The van der Waals surface area contributed by atoms with Crippen LogP contribution in [0.2, 0.25) is 5.02 Å². The molecule has 1 aromatic carbocycles. The van der Waals surface area contributed by atoms with Crippen LogP contribution in [0, 0.1) is 0 Å². The average molecular weight is 462 g/mol. The molecule has 0 saturated heterocycles. The lowest BCUT2D eigenvalue weighted by Crippen LogP contribution is -2.42. The van der Waals surface area contributed by atoms with E-state index in [1.807, 2.05) is 28.8 Å². The van der Waals surface area contributed by atoms with Gasteiger partial charge in [0.2, 0.25) is 5.91 Å². The molecule has 2 N–H and O–H groups in total. The van der Waals surface area contributed by atoms with E-state index in [2.05, 4.69) is 28.0 Å². The molecule has 0 aliphatic rings. The number of hydrazine groups is 1. The second-order valence-electron chi connectivity index (χ2n) is 6.79. The van der Waals surface area contributed by atoms with E-state index >= 15 is 0 Å². The zero-order valence-electron chi connectivity index (χ0n) is 17.1. The van der Waals surface area contributed by atoms with Gasteiger partial charge in [0, 0.05) is 17.1 Å². The molecule has 2 amide bonds. The van der Waals surface area contributed by atoms with Crippen LogP contribution in [0.4, 0.5) is 0 Å². The van der Waals surface area contributed by atoms with Crippen molar-refractivity contribution in [3.05, 3.63) is 53.4 Å². The second-order valence-corrected chi connectivity index (χ2v) is 8.17. The number of furan rings is 1. The normalized spacial score (nSPS) is 10.8. The molecule has 164 valence electrons. The number of unbranched alkanes of at least 4 members (excludes halogenated alkanes) is 3. The van der Waals surface area contributed by atoms with Gasteiger partial charge in [0.05, 0.1) is 12.0 Å². The highest BCUT2D eigenvalue weighted by Gasteiger charge is 2.16. The van der Waals surface area contributed by atoms with Gasteiger partial charge in [0.15, 0.2) is 16.7 Å². The number of nitrogens with zero attached hydrogens (tertiary/aromatic N) is 3. The molecule has 0 fully saturated rings. The number of carbonyl (C=O) groups is 2. The van der Waals surface area contributed by atoms with E-state index in [0.29, 0.717) is 10.2 Å². The summed E-state index contributed by atoms with van der Waals surface area (Å²) in [6, 6.07) is 10.5. The Morgan fingerprint density at radius 3 is 2.61 bits per heavy atom. The summed E-state index contributed by atoms with van der Waals surface area (Å²) >= 11 is 7.27. The summed E-state index contributed by atoms with van der Waals surface area (Å²) < 4.78 is 7.01. The van der Waals surface area contributed by atoms with E-state index in [4.69, 9.17) is 16.0 Å². The highest BCUT2D eigenvalue weighted by Crippen LogP contribution is 2.26. The lowest BCUT2D eigenvalue weighted by molar-refractivity contribution is -0.119. The first kappa shape index (κ1) is 22.9. The topological polar surface area (TPSA) is 102 Å². The molecule has 10 heteroatoms. The number of hydrogen-bond donors (Lipinski definition) is 2. The molecule has 0 aliphatic carbocycles. The van der Waals surface area contributed by atoms with Crippen molar-refractivity contribution in [2.45, 2.75) is 44.3 Å². The molecule has 0 bridgehead atoms. The number of rotatable bonds is 10. The molecular formula is C21H24ClN5O3S. The monoisotopic (exact) mass is 461 g/mol. The molecule has 3 rings (SSSR count). The molecule has 31 heavy (non-hydrogen) atoms. The van der Waals surface area contributed by atoms with Gasteiger partial charge in [-0.05, 0) is 42.8 Å². The number of amides is 2. The maximum absolute atomic E-state index is 12.2. The van der Waals surface area contributed by atoms with E-state index in [0.717, 1.165) is 37.2 Å². The number of benzene rings is 1. The van der Waals surface area contributed by atoms with E-state index in [1.165, 1.54) is 30.5 Å². The van der Waals surface area contributed by atoms with E-state index in [9.17, 15) is 9.59 Å². The van der Waals surface area contributed by atoms with Crippen LogP contribution >= 0.6 is 23.4 Å². The van der Waals surface area contributed by atoms with Gasteiger partial charge in [-0.25, -0.2) is 0 Å². The van der Waals surface area contributed by atoms with Crippen molar-refractivity contribution in [1.82, 2.24) is 25.6 Å². The third-order valence-corrected chi connectivity index (χ3v) is 5.67. The smallest absolute Gasteiger partial charge is 0.305 e. The Bertz CT molecular complexity index is 989. The number of halogens is 1. The zero-order chi connectivity index (χ0) is 22.1. The minimum atomic E-state index is -0.521. The summed E-state index contributed by atoms with van der Waals surface area (Å²) in [5.41, 5.74) is 5.60. The van der Waals surface area contributed by atoms with Crippen LogP contribution in [-0.4, -0.2) is 32.3 Å². The SMILES string of the molecule is CCCCCCn1c(SCC(=O)NNC(=O)c2ccco2)nnc1-c1ccc(Cl)cc1. The Balaban J connectivity index is 1.62. The van der Waals surface area contributed by atoms with Crippen molar-refractivity contribution in [1.29, 1.82) is 0 Å². The Hall–Kier alpha value is -2.78. The standard InChI is InChI=1S/C21H24ClN5O3S/c1-2-3-4-5-12-27-19(15-8-10-16(22)11-9-15)24-26-21(27)31-14-18(28)23-25-20(29)17-7-6-13-30-17/h6-11,13H,2-5,12,14H2,1H3,(H,23,28)(H,25,29). The highest BCUT2D eigenvalue weighted by atomic mass is 35.5. The van der Waals surface area contributed by atoms with Gasteiger partial charge in [-0.2, -0.15) is 0 Å². The third-order valence-electron chi connectivity index (χ3n) is 4.45. The molecule has 2 aromatic heterocycles. The summed E-state index contributed by atoms with van der Waals surface area (Å²) in [4.78, 5) is 24.0. The Labute approximate surface area is 189 Å². The molecule has 8 nitrogen and oxygen atoms in total. The Morgan fingerprint density at radius 2 is 1.90 bits per heavy atom. The van der Waals surface area contributed by atoms with Gasteiger partial charge in [0.1, 0.15) is 0 Å². The van der Waals surface area contributed by atoms with E-state index < -0.39 is 5.91 Å². The molecule has 3 aromatic rings. The second kappa shape index (κ2) is 11.6. The van der Waals surface area contributed by atoms with Crippen LogP contribution in [0.25, 0.3) is 11.4 Å². The summed E-state index contributed by atoms with van der Waals surface area (Å²) in [7, 11) is 0. The molecule has 0 radical (unpaired) electrons.